The first-order chi connectivity index (χ1) is 15.7. The number of fused-ring (bicyclic) bond motifs is 1. The van der Waals surface area contributed by atoms with Crippen LogP contribution in [0.25, 0.3) is 10.2 Å². The zero-order valence-corrected chi connectivity index (χ0v) is 19.6. The Labute approximate surface area is 194 Å². The summed E-state index contributed by atoms with van der Waals surface area (Å²) >= 11 is 1.80. The van der Waals surface area contributed by atoms with Gasteiger partial charge in [0.05, 0.1) is 21.3 Å². The van der Waals surface area contributed by atoms with Crippen molar-refractivity contribution < 1.29 is 4.79 Å². The van der Waals surface area contributed by atoms with E-state index in [1.807, 2.05) is 25.1 Å². The Morgan fingerprint density at radius 2 is 1.81 bits per heavy atom. The van der Waals surface area contributed by atoms with Crippen LogP contribution in [-0.4, -0.2) is 48.0 Å². The van der Waals surface area contributed by atoms with Gasteiger partial charge in [0.2, 0.25) is 5.91 Å². The summed E-state index contributed by atoms with van der Waals surface area (Å²) in [6.45, 7) is 6.14. The summed E-state index contributed by atoms with van der Waals surface area (Å²) in [6.07, 6.45) is 6.11. The van der Waals surface area contributed by atoms with E-state index in [0.717, 1.165) is 50.2 Å². The molecule has 2 atom stereocenters. The fourth-order valence-corrected chi connectivity index (χ4v) is 6.04. The van der Waals surface area contributed by atoms with Crippen LogP contribution in [0.1, 0.15) is 50.0 Å². The smallest absolute Gasteiger partial charge is 0.241 e. The van der Waals surface area contributed by atoms with Gasteiger partial charge in [-0.2, -0.15) is 0 Å². The monoisotopic (exact) mass is 448 g/mol. The van der Waals surface area contributed by atoms with Gasteiger partial charge in [-0.05, 0) is 82.0 Å². The molecular formula is C26H32N4OS. The van der Waals surface area contributed by atoms with Crippen LogP contribution in [-0.2, 0) is 4.79 Å². The molecule has 2 unspecified atom stereocenters. The second-order valence-corrected chi connectivity index (χ2v) is 10.2. The molecular weight excluding hydrogens is 416 g/mol. The number of thiazole rings is 1. The Kier molecular flexibility index (Phi) is 6.42. The van der Waals surface area contributed by atoms with E-state index >= 15 is 0 Å². The van der Waals surface area contributed by atoms with Gasteiger partial charge in [0.25, 0.3) is 0 Å². The number of rotatable bonds is 5. The van der Waals surface area contributed by atoms with Crippen LogP contribution >= 0.6 is 11.3 Å². The molecule has 0 aliphatic carbocycles. The van der Waals surface area contributed by atoms with Crippen LogP contribution in [0.2, 0.25) is 0 Å². The van der Waals surface area contributed by atoms with Gasteiger partial charge in [-0.1, -0.05) is 12.1 Å². The van der Waals surface area contributed by atoms with Crippen molar-refractivity contribution in [3.63, 3.8) is 0 Å². The van der Waals surface area contributed by atoms with E-state index in [4.69, 9.17) is 4.98 Å². The summed E-state index contributed by atoms with van der Waals surface area (Å²) < 4.78 is 1.25. The van der Waals surface area contributed by atoms with Gasteiger partial charge in [-0.15, -0.1) is 11.3 Å². The predicted octanol–water partition coefficient (Wildman–Crippen LogP) is 5.49. The predicted molar refractivity (Wildman–Crippen MR) is 134 cm³/mol. The molecule has 2 aliphatic heterocycles. The second-order valence-electron chi connectivity index (χ2n) is 9.11. The average Bonchev–Trinajstić information content (AvgIpc) is 3.29. The number of hydrogen-bond donors (Lipinski definition) is 1. The van der Waals surface area contributed by atoms with Crippen LogP contribution in [0.4, 0.5) is 11.4 Å². The van der Waals surface area contributed by atoms with Gasteiger partial charge in [0.15, 0.2) is 0 Å². The van der Waals surface area contributed by atoms with Crippen molar-refractivity contribution in [1.82, 2.24) is 9.88 Å². The van der Waals surface area contributed by atoms with Crippen molar-refractivity contribution in [2.45, 2.75) is 51.0 Å². The van der Waals surface area contributed by atoms with Gasteiger partial charge in [0, 0.05) is 36.9 Å². The molecule has 2 aromatic carbocycles. The molecule has 5 nitrogen and oxygen atoms in total. The normalized spacial score (nSPS) is 20.9. The standard InChI is InChI=1S/C26H32N4OS/c1-19(25(31)27-21-11-13-22(14-12-21)29-15-5-2-6-16-29)30-17-7-8-20(18-30)26-28-23-9-3-4-10-24(23)32-26/h3-4,9-14,19-20H,2,5-8,15-18H2,1H3,(H,27,31). The van der Waals surface area contributed by atoms with E-state index in [0.29, 0.717) is 5.92 Å². The van der Waals surface area contributed by atoms with E-state index in [1.54, 1.807) is 11.3 Å². The third-order valence-electron chi connectivity index (χ3n) is 6.90. The van der Waals surface area contributed by atoms with Gasteiger partial charge in [-0.3, -0.25) is 9.69 Å². The van der Waals surface area contributed by atoms with E-state index in [2.05, 4.69) is 45.4 Å². The molecule has 0 saturated carbocycles. The third-order valence-corrected chi connectivity index (χ3v) is 8.09. The number of nitrogens with one attached hydrogen (secondary N) is 1. The number of likely N-dealkylation sites (tertiary alicyclic amines) is 1. The highest BCUT2D eigenvalue weighted by molar-refractivity contribution is 7.18. The Morgan fingerprint density at radius 1 is 1.03 bits per heavy atom. The zero-order chi connectivity index (χ0) is 21.9. The van der Waals surface area contributed by atoms with Crippen LogP contribution in [0.5, 0.6) is 0 Å². The number of nitrogens with zero attached hydrogens (tertiary/aromatic N) is 3. The summed E-state index contributed by atoms with van der Waals surface area (Å²) in [5.41, 5.74) is 3.22. The third kappa shape index (κ3) is 4.66. The number of piperidine rings is 2. The minimum Gasteiger partial charge on any atom is -0.372 e. The van der Waals surface area contributed by atoms with Crippen LogP contribution in [0.3, 0.4) is 0 Å². The number of benzene rings is 2. The fraction of sp³-hybridized carbons (Fsp3) is 0.462. The average molecular weight is 449 g/mol. The molecule has 1 N–H and O–H groups in total. The number of amides is 1. The molecule has 2 saturated heterocycles. The van der Waals surface area contributed by atoms with E-state index in [1.165, 1.54) is 34.7 Å². The molecule has 168 valence electrons. The topological polar surface area (TPSA) is 48.5 Å². The lowest BCUT2D eigenvalue weighted by Crippen LogP contribution is -2.46. The first kappa shape index (κ1) is 21.4. The summed E-state index contributed by atoms with van der Waals surface area (Å²) in [6, 6.07) is 16.5. The lowest BCUT2D eigenvalue weighted by Gasteiger charge is -2.35. The van der Waals surface area contributed by atoms with Crippen molar-refractivity contribution in [2.75, 3.05) is 36.4 Å². The molecule has 0 bridgehead atoms. The van der Waals surface area contributed by atoms with Gasteiger partial charge in [0.1, 0.15) is 0 Å². The highest BCUT2D eigenvalue weighted by Crippen LogP contribution is 2.33. The van der Waals surface area contributed by atoms with Gasteiger partial charge < -0.3 is 10.2 Å². The van der Waals surface area contributed by atoms with Gasteiger partial charge in [-0.25, -0.2) is 4.98 Å². The van der Waals surface area contributed by atoms with E-state index < -0.39 is 0 Å². The number of anilines is 2. The number of hydrogen-bond acceptors (Lipinski definition) is 5. The minimum atomic E-state index is -0.158. The summed E-state index contributed by atoms with van der Waals surface area (Å²) in [5.74, 6) is 0.473. The van der Waals surface area contributed by atoms with Crippen LogP contribution in [0.15, 0.2) is 48.5 Å². The quantitative estimate of drug-likeness (QED) is 0.560. The molecule has 32 heavy (non-hydrogen) atoms. The van der Waals surface area contributed by atoms with E-state index in [-0.39, 0.29) is 11.9 Å². The maximum Gasteiger partial charge on any atom is 0.241 e. The number of carbonyl (C=O) groups is 1. The molecule has 5 rings (SSSR count). The summed E-state index contributed by atoms with van der Waals surface area (Å²) in [5, 5.41) is 4.34. The lowest BCUT2D eigenvalue weighted by molar-refractivity contribution is -0.121. The summed E-state index contributed by atoms with van der Waals surface area (Å²) in [4.78, 5) is 22.6. The highest BCUT2D eigenvalue weighted by atomic mass is 32.1. The Hall–Kier alpha value is -2.44. The molecule has 3 heterocycles. The molecule has 1 aromatic heterocycles. The van der Waals surface area contributed by atoms with Crippen molar-refractivity contribution in [3.8, 4) is 0 Å². The van der Waals surface area contributed by atoms with Crippen molar-refractivity contribution in [1.29, 1.82) is 0 Å². The maximum atomic E-state index is 13.0. The molecule has 2 aliphatic rings. The minimum absolute atomic E-state index is 0.0701. The van der Waals surface area contributed by atoms with E-state index in [9.17, 15) is 4.79 Å². The molecule has 2 fully saturated rings. The Balaban J connectivity index is 1.20. The lowest BCUT2D eigenvalue weighted by atomic mass is 9.97. The first-order valence-corrected chi connectivity index (χ1v) is 12.7. The fourth-order valence-electron chi connectivity index (χ4n) is 4.94. The van der Waals surface area contributed by atoms with Gasteiger partial charge >= 0.3 is 0 Å². The molecule has 0 spiro atoms. The first-order valence-electron chi connectivity index (χ1n) is 11.9. The largest absolute Gasteiger partial charge is 0.372 e. The van der Waals surface area contributed by atoms with Crippen LogP contribution in [0, 0.1) is 0 Å². The SMILES string of the molecule is CC(C(=O)Nc1ccc(N2CCCCC2)cc1)N1CCCC(c2nc3ccccc3s2)C1. The number of para-hydroxylation sites is 1. The number of carbonyl (C=O) groups excluding carboxylic acids is 1. The van der Waals surface area contributed by atoms with Crippen molar-refractivity contribution in [2.24, 2.45) is 0 Å². The highest BCUT2D eigenvalue weighted by Gasteiger charge is 2.29. The molecule has 1 amide bonds. The molecule has 6 heteroatoms. The Morgan fingerprint density at radius 3 is 2.59 bits per heavy atom. The number of aromatic nitrogens is 1. The molecule has 0 radical (unpaired) electrons. The van der Waals surface area contributed by atoms with Crippen molar-refractivity contribution in [3.05, 3.63) is 53.5 Å². The second kappa shape index (κ2) is 9.59. The maximum absolute atomic E-state index is 13.0. The molecule has 3 aromatic rings. The Bertz CT molecular complexity index is 1020. The van der Waals surface area contributed by atoms with Crippen LogP contribution < -0.4 is 10.2 Å². The summed E-state index contributed by atoms with van der Waals surface area (Å²) in [7, 11) is 0. The zero-order valence-electron chi connectivity index (χ0n) is 18.8. The van der Waals surface area contributed by atoms with Crippen molar-refractivity contribution >= 4 is 38.8 Å².